The van der Waals surface area contributed by atoms with Crippen LogP contribution in [0, 0.1) is 5.92 Å². The molecule has 0 aliphatic heterocycles. The molecule has 0 spiro atoms. The largest absolute Gasteiger partial charge is 0.325 e. The Morgan fingerprint density at radius 3 is 1.74 bits per heavy atom. The van der Waals surface area contributed by atoms with Gasteiger partial charge in [0.15, 0.2) is 0 Å². The highest BCUT2D eigenvalue weighted by molar-refractivity contribution is 6.08. The third-order valence-corrected chi connectivity index (χ3v) is 4.24. The fraction of sp³-hybridized carbons (Fsp3) is 0.950. The highest BCUT2D eigenvalue weighted by Gasteiger charge is 2.12. The molecule has 0 saturated heterocycles. The van der Waals surface area contributed by atoms with Crippen molar-refractivity contribution in [3.8, 4) is 0 Å². The van der Waals surface area contributed by atoms with Crippen LogP contribution in [0.5, 0.6) is 0 Å². The van der Waals surface area contributed by atoms with Crippen LogP contribution in [0.4, 0.5) is 0 Å². The number of carbonyl (C=O) groups excluding carboxylic acids is 1. The summed E-state index contributed by atoms with van der Waals surface area (Å²) in [4.78, 5) is 11.5. The molecule has 0 aliphatic rings. The van der Waals surface area contributed by atoms with Gasteiger partial charge >= 0.3 is 0 Å². The molecule has 2 radical (unpaired) electrons. The van der Waals surface area contributed by atoms with Gasteiger partial charge in [-0.1, -0.05) is 78.6 Å². The van der Waals surface area contributed by atoms with Crippen molar-refractivity contribution in [2.24, 2.45) is 5.92 Å². The molecule has 0 aliphatic carbocycles. The van der Waals surface area contributed by atoms with Gasteiger partial charge in [0, 0.05) is 5.92 Å². The lowest BCUT2D eigenvalue weighted by Crippen LogP contribution is -2.17. The minimum atomic E-state index is 0.296. The van der Waals surface area contributed by atoms with Crippen LogP contribution in [0.3, 0.4) is 0 Å². The molecule has 0 fully saturated rings. The van der Waals surface area contributed by atoms with Gasteiger partial charge < -0.3 is 5.32 Å². The van der Waals surface area contributed by atoms with Gasteiger partial charge in [0.1, 0.15) is 5.78 Å². The Kier molecular flexibility index (Phi) is 23.5. The Bertz CT molecular complexity index is 230. The maximum Gasteiger partial charge on any atom is 0.132 e. The minimum Gasteiger partial charge on any atom is -0.325 e. The molecule has 23 heavy (non-hydrogen) atoms. The quantitative estimate of drug-likeness (QED) is 0.312. The highest BCUT2D eigenvalue weighted by atomic mass is 16.1. The molecule has 3 heteroatoms. The Labute approximate surface area is 148 Å². The number of hydrogen-bond donors (Lipinski definition) is 1. The topological polar surface area (TPSA) is 29.1 Å². The maximum atomic E-state index is 11.5. The van der Waals surface area contributed by atoms with Crippen LogP contribution in [0.15, 0.2) is 0 Å². The van der Waals surface area contributed by atoms with Crippen molar-refractivity contribution in [3.63, 3.8) is 0 Å². The van der Waals surface area contributed by atoms with Crippen LogP contribution >= 0.6 is 0 Å². The average molecular weight is 323 g/mol. The fourth-order valence-electron chi connectivity index (χ4n) is 2.61. The van der Waals surface area contributed by atoms with Crippen molar-refractivity contribution in [3.05, 3.63) is 0 Å². The van der Waals surface area contributed by atoms with Crippen LogP contribution < -0.4 is 5.32 Å². The summed E-state index contributed by atoms with van der Waals surface area (Å²) < 4.78 is 0. The van der Waals surface area contributed by atoms with Crippen molar-refractivity contribution in [2.75, 3.05) is 13.0 Å². The highest BCUT2D eigenvalue weighted by Crippen LogP contribution is 2.18. The molecule has 1 atom stereocenters. The predicted molar refractivity (Wildman–Crippen MR) is 105 cm³/mol. The van der Waals surface area contributed by atoms with E-state index in [2.05, 4.69) is 26.1 Å². The van der Waals surface area contributed by atoms with E-state index in [9.17, 15) is 4.79 Å². The van der Waals surface area contributed by atoms with E-state index < -0.39 is 0 Å². The van der Waals surface area contributed by atoms with Gasteiger partial charge in [0.25, 0.3) is 0 Å². The number of hydrogen-bond acceptors (Lipinski definition) is 2. The van der Waals surface area contributed by atoms with Crippen LogP contribution in [-0.2, 0) is 4.79 Å². The standard InChI is InChI=1S/C14H28BNO.C6H14/c1-3-4-5-6-9-14(13(2)17)10-7-8-11-16-12-15;1-3-5-6-4-2/h14,16H,3-12H2,1-2H3;3-6H2,1-2H3/t14-;/m0./s1. The summed E-state index contributed by atoms with van der Waals surface area (Å²) in [5.74, 6) is 0.665. The van der Waals surface area contributed by atoms with Gasteiger partial charge in [-0.25, -0.2) is 0 Å². The maximum absolute atomic E-state index is 11.5. The Hall–Kier alpha value is -0.305. The lowest BCUT2D eigenvalue weighted by atomic mass is 9.92. The van der Waals surface area contributed by atoms with Crippen molar-refractivity contribution in [1.29, 1.82) is 0 Å². The zero-order valence-electron chi connectivity index (χ0n) is 16.5. The number of nitrogens with one attached hydrogen (secondary N) is 1. The summed E-state index contributed by atoms with van der Waals surface area (Å²) in [6, 6.07) is 0. The summed E-state index contributed by atoms with van der Waals surface area (Å²) in [6.07, 6.45) is 15.5. The van der Waals surface area contributed by atoms with E-state index in [1.54, 1.807) is 6.92 Å². The summed E-state index contributed by atoms with van der Waals surface area (Å²) in [6.45, 7) is 9.39. The molecule has 1 N–H and O–H groups in total. The van der Waals surface area contributed by atoms with E-state index in [1.807, 2.05) is 0 Å². The lowest BCUT2D eigenvalue weighted by molar-refractivity contribution is -0.121. The Balaban J connectivity index is 0. The molecule has 0 aromatic rings. The first-order valence-corrected chi connectivity index (χ1v) is 10.0. The van der Waals surface area contributed by atoms with E-state index in [1.165, 1.54) is 51.4 Å². The van der Waals surface area contributed by atoms with Crippen molar-refractivity contribution < 1.29 is 4.79 Å². The van der Waals surface area contributed by atoms with Gasteiger partial charge in [-0.3, -0.25) is 4.79 Å². The second kappa shape index (κ2) is 21.7. The van der Waals surface area contributed by atoms with Crippen molar-refractivity contribution in [2.45, 2.75) is 105 Å². The summed E-state index contributed by atoms with van der Waals surface area (Å²) in [5.41, 5.74) is 0. The Morgan fingerprint density at radius 2 is 1.30 bits per heavy atom. The fourth-order valence-corrected chi connectivity index (χ4v) is 2.61. The SMILES string of the molecule is CCCCCC.[B]CNCCCC[C@H](CCCCCC)C(C)=O. The average Bonchev–Trinajstić information content (AvgIpc) is 2.55. The molecule has 0 aromatic carbocycles. The zero-order valence-corrected chi connectivity index (χ0v) is 16.5. The predicted octanol–water partition coefficient (Wildman–Crippen LogP) is 5.63. The first-order chi connectivity index (χ1) is 11.1. The van der Waals surface area contributed by atoms with E-state index in [0.29, 0.717) is 18.1 Å². The molecule has 0 saturated carbocycles. The van der Waals surface area contributed by atoms with Gasteiger partial charge in [0.2, 0.25) is 0 Å². The molecule has 136 valence electrons. The molecule has 2 nitrogen and oxygen atoms in total. The Morgan fingerprint density at radius 1 is 0.826 bits per heavy atom. The molecule has 0 heterocycles. The normalized spacial score (nSPS) is 11.7. The van der Waals surface area contributed by atoms with Crippen LogP contribution in [-0.4, -0.2) is 26.6 Å². The number of unbranched alkanes of at least 4 members (excludes halogenated alkanes) is 7. The lowest BCUT2D eigenvalue weighted by Gasteiger charge is -2.13. The summed E-state index contributed by atoms with van der Waals surface area (Å²) >= 11 is 0. The van der Waals surface area contributed by atoms with Crippen LogP contribution in [0.1, 0.15) is 105 Å². The smallest absolute Gasteiger partial charge is 0.132 e. The third-order valence-electron chi connectivity index (χ3n) is 4.24. The summed E-state index contributed by atoms with van der Waals surface area (Å²) in [7, 11) is 5.35. The first-order valence-electron chi connectivity index (χ1n) is 10.0. The molecule has 0 unspecified atom stereocenters. The molecule has 0 aromatic heterocycles. The number of Topliss-reactive ketones (excluding diaryl/α,β-unsaturated/α-hetero) is 1. The number of carbonyl (C=O) groups is 1. The second-order valence-electron chi connectivity index (χ2n) is 6.56. The molecular formula is C20H42BNO. The van der Waals surface area contributed by atoms with Crippen molar-refractivity contribution >= 4 is 13.6 Å². The van der Waals surface area contributed by atoms with Gasteiger partial charge in [-0.05, 0) is 39.2 Å². The van der Waals surface area contributed by atoms with E-state index >= 15 is 0 Å². The first kappa shape index (κ1) is 24.9. The van der Waals surface area contributed by atoms with Gasteiger partial charge in [-0.15, -0.1) is 0 Å². The van der Waals surface area contributed by atoms with Gasteiger partial charge in [-0.2, -0.15) is 0 Å². The molecule has 0 bridgehead atoms. The second-order valence-corrected chi connectivity index (χ2v) is 6.56. The zero-order chi connectivity index (χ0) is 17.8. The minimum absolute atomic E-state index is 0.296. The van der Waals surface area contributed by atoms with E-state index in [-0.39, 0.29) is 0 Å². The molecule has 0 rings (SSSR count). The number of ketones is 1. The van der Waals surface area contributed by atoms with E-state index in [4.69, 9.17) is 7.85 Å². The molecule has 0 amide bonds. The summed E-state index contributed by atoms with van der Waals surface area (Å²) in [5, 5.41) is 3.10. The van der Waals surface area contributed by atoms with Crippen molar-refractivity contribution in [1.82, 2.24) is 5.32 Å². The van der Waals surface area contributed by atoms with Crippen LogP contribution in [0.2, 0.25) is 0 Å². The molecular weight excluding hydrogens is 281 g/mol. The monoisotopic (exact) mass is 323 g/mol. The van der Waals surface area contributed by atoms with Crippen LogP contribution in [0.25, 0.3) is 0 Å². The third kappa shape index (κ3) is 21.7. The van der Waals surface area contributed by atoms with Gasteiger partial charge in [0.05, 0.1) is 7.85 Å². The van der Waals surface area contributed by atoms with E-state index in [0.717, 1.165) is 32.2 Å². The number of rotatable bonds is 15.